The highest BCUT2D eigenvalue weighted by molar-refractivity contribution is 5.94. The number of ketones is 1. The van der Waals surface area contributed by atoms with Crippen LogP contribution >= 0.6 is 0 Å². The van der Waals surface area contributed by atoms with Gasteiger partial charge in [-0.3, -0.25) is 4.79 Å². The van der Waals surface area contributed by atoms with Crippen LogP contribution in [0.2, 0.25) is 0 Å². The molecule has 0 aliphatic rings. The molecule has 0 aliphatic heterocycles. The Morgan fingerprint density at radius 3 is 2.43 bits per heavy atom. The molecule has 0 saturated carbocycles. The predicted molar refractivity (Wildman–Crippen MR) is 78.8 cm³/mol. The van der Waals surface area contributed by atoms with Crippen molar-refractivity contribution in [2.24, 2.45) is 0 Å². The third kappa shape index (κ3) is 4.45. The fraction of sp³-hybridized carbons (Fsp3) is 0.176. The van der Waals surface area contributed by atoms with Crippen LogP contribution in [0.4, 0.5) is 0 Å². The van der Waals surface area contributed by atoms with Gasteiger partial charge in [0.1, 0.15) is 11.5 Å². The minimum atomic E-state index is -0.492. The van der Waals surface area contributed by atoms with E-state index in [1.807, 2.05) is 19.1 Å². The van der Waals surface area contributed by atoms with Gasteiger partial charge >= 0.3 is 5.97 Å². The molecule has 0 N–H and O–H groups in total. The predicted octanol–water partition coefficient (Wildman–Crippen LogP) is 3.18. The van der Waals surface area contributed by atoms with Crippen LogP contribution in [-0.4, -0.2) is 18.4 Å². The van der Waals surface area contributed by atoms with Crippen molar-refractivity contribution in [3.05, 3.63) is 59.7 Å². The molecule has 0 bridgehead atoms. The fourth-order valence-electron chi connectivity index (χ4n) is 1.79. The molecular weight excluding hydrogens is 268 g/mol. The van der Waals surface area contributed by atoms with Crippen molar-refractivity contribution in [2.75, 3.05) is 6.61 Å². The largest absolute Gasteiger partial charge is 0.482 e. The van der Waals surface area contributed by atoms with E-state index in [0.29, 0.717) is 17.1 Å². The molecule has 0 radical (unpaired) electrons. The molecule has 2 aromatic carbocycles. The second kappa shape index (κ2) is 6.70. The minimum Gasteiger partial charge on any atom is -0.482 e. The monoisotopic (exact) mass is 284 g/mol. The average Bonchev–Trinajstić information content (AvgIpc) is 2.45. The molecule has 2 rings (SSSR count). The third-order valence-electron chi connectivity index (χ3n) is 2.82. The zero-order valence-corrected chi connectivity index (χ0v) is 12.0. The molecule has 0 fully saturated rings. The van der Waals surface area contributed by atoms with Gasteiger partial charge in [0.25, 0.3) is 0 Å². The SMILES string of the molecule is CC(=O)c1cccc(OCC(=O)Oc2cccc(C)c2)c1. The number of hydrogen-bond acceptors (Lipinski definition) is 4. The second-order valence-electron chi connectivity index (χ2n) is 4.66. The molecule has 0 amide bonds. The number of carbonyl (C=O) groups excluding carboxylic acids is 2. The van der Waals surface area contributed by atoms with Crippen LogP contribution in [0.15, 0.2) is 48.5 Å². The minimum absolute atomic E-state index is 0.0530. The maximum absolute atomic E-state index is 11.7. The number of carbonyl (C=O) groups is 2. The summed E-state index contributed by atoms with van der Waals surface area (Å²) >= 11 is 0. The topological polar surface area (TPSA) is 52.6 Å². The second-order valence-corrected chi connectivity index (χ2v) is 4.66. The molecule has 0 aliphatic carbocycles. The van der Waals surface area contributed by atoms with Crippen LogP contribution in [0, 0.1) is 6.92 Å². The van der Waals surface area contributed by atoms with Gasteiger partial charge < -0.3 is 9.47 Å². The van der Waals surface area contributed by atoms with Gasteiger partial charge in [-0.15, -0.1) is 0 Å². The number of aryl methyl sites for hydroxylation is 1. The molecule has 0 atom stereocenters. The lowest BCUT2D eigenvalue weighted by atomic mass is 10.1. The van der Waals surface area contributed by atoms with Crippen LogP contribution in [0.25, 0.3) is 0 Å². The van der Waals surface area contributed by atoms with Crippen molar-refractivity contribution < 1.29 is 19.1 Å². The van der Waals surface area contributed by atoms with E-state index in [9.17, 15) is 9.59 Å². The molecule has 0 heterocycles. The van der Waals surface area contributed by atoms with Gasteiger partial charge in [-0.1, -0.05) is 24.3 Å². The first-order valence-electron chi connectivity index (χ1n) is 6.56. The summed E-state index contributed by atoms with van der Waals surface area (Å²) in [4.78, 5) is 23.0. The number of ether oxygens (including phenoxy) is 2. The van der Waals surface area contributed by atoms with Crippen LogP contribution in [0.3, 0.4) is 0 Å². The number of Topliss-reactive ketones (excluding diaryl/α,β-unsaturated/α-hetero) is 1. The van der Waals surface area contributed by atoms with E-state index in [2.05, 4.69) is 0 Å². The maximum Gasteiger partial charge on any atom is 0.349 e. The number of rotatable bonds is 5. The molecule has 0 unspecified atom stereocenters. The van der Waals surface area contributed by atoms with E-state index < -0.39 is 5.97 Å². The van der Waals surface area contributed by atoms with E-state index in [-0.39, 0.29) is 12.4 Å². The fourth-order valence-corrected chi connectivity index (χ4v) is 1.79. The maximum atomic E-state index is 11.7. The number of benzene rings is 2. The lowest BCUT2D eigenvalue weighted by Crippen LogP contribution is -2.17. The number of hydrogen-bond donors (Lipinski definition) is 0. The van der Waals surface area contributed by atoms with Crippen molar-refractivity contribution in [1.82, 2.24) is 0 Å². The molecule has 108 valence electrons. The van der Waals surface area contributed by atoms with Crippen molar-refractivity contribution in [2.45, 2.75) is 13.8 Å². The lowest BCUT2D eigenvalue weighted by molar-refractivity contribution is -0.136. The van der Waals surface area contributed by atoms with Crippen LogP contribution < -0.4 is 9.47 Å². The van der Waals surface area contributed by atoms with Crippen LogP contribution in [0.1, 0.15) is 22.8 Å². The summed E-state index contributed by atoms with van der Waals surface area (Å²) in [6, 6.07) is 13.9. The van der Waals surface area contributed by atoms with Gasteiger partial charge in [0, 0.05) is 5.56 Å². The van der Waals surface area contributed by atoms with E-state index in [1.165, 1.54) is 6.92 Å². The van der Waals surface area contributed by atoms with Crippen molar-refractivity contribution in [1.29, 1.82) is 0 Å². The Hall–Kier alpha value is -2.62. The molecule has 4 nitrogen and oxygen atoms in total. The van der Waals surface area contributed by atoms with Crippen molar-refractivity contribution in [3.63, 3.8) is 0 Å². The van der Waals surface area contributed by atoms with E-state index in [0.717, 1.165) is 5.56 Å². The Morgan fingerprint density at radius 1 is 1.00 bits per heavy atom. The highest BCUT2D eigenvalue weighted by Crippen LogP contribution is 2.15. The smallest absolute Gasteiger partial charge is 0.349 e. The Bertz CT molecular complexity index is 661. The standard InChI is InChI=1S/C17H16O4/c1-12-5-3-8-16(9-12)21-17(19)11-20-15-7-4-6-14(10-15)13(2)18/h3-10H,11H2,1-2H3. The molecule has 21 heavy (non-hydrogen) atoms. The average molecular weight is 284 g/mol. The summed E-state index contributed by atoms with van der Waals surface area (Å²) in [5.74, 6) is 0.404. The van der Waals surface area contributed by atoms with Crippen molar-refractivity contribution >= 4 is 11.8 Å². The van der Waals surface area contributed by atoms with Crippen molar-refractivity contribution in [3.8, 4) is 11.5 Å². The van der Waals surface area contributed by atoms with Gasteiger partial charge in [-0.25, -0.2) is 4.79 Å². The lowest BCUT2D eigenvalue weighted by Gasteiger charge is -2.08. The normalized spacial score (nSPS) is 10.0. The Balaban J connectivity index is 1.92. The van der Waals surface area contributed by atoms with E-state index in [1.54, 1.807) is 36.4 Å². The van der Waals surface area contributed by atoms with E-state index >= 15 is 0 Å². The van der Waals surface area contributed by atoms with Gasteiger partial charge in [0.05, 0.1) is 0 Å². The van der Waals surface area contributed by atoms with Gasteiger partial charge in [0.15, 0.2) is 12.4 Å². The molecule has 4 heteroatoms. The summed E-state index contributed by atoms with van der Waals surface area (Å²) in [7, 11) is 0. The third-order valence-corrected chi connectivity index (χ3v) is 2.82. The quantitative estimate of drug-likeness (QED) is 0.481. The summed E-state index contributed by atoms with van der Waals surface area (Å²) in [6.45, 7) is 3.18. The zero-order valence-electron chi connectivity index (χ0n) is 12.0. The summed E-state index contributed by atoms with van der Waals surface area (Å²) in [5, 5.41) is 0. The number of esters is 1. The van der Waals surface area contributed by atoms with Crippen LogP contribution in [-0.2, 0) is 4.79 Å². The van der Waals surface area contributed by atoms with E-state index in [4.69, 9.17) is 9.47 Å². The Labute approximate surface area is 123 Å². The molecule has 0 saturated heterocycles. The highest BCUT2D eigenvalue weighted by atomic mass is 16.6. The summed E-state index contributed by atoms with van der Waals surface area (Å²) in [5.41, 5.74) is 1.55. The first kappa shape index (κ1) is 14.8. The molecule has 0 spiro atoms. The van der Waals surface area contributed by atoms with Gasteiger partial charge in [-0.2, -0.15) is 0 Å². The highest BCUT2D eigenvalue weighted by Gasteiger charge is 2.07. The van der Waals surface area contributed by atoms with Gasteiger partial charge in [-0.05, 0) is 43.7 Å². The summed E-state index contributed by atoms with van der Waals surface area (Å²) in [6.07, 6.45) is 0. The Kier molecular flexibility index (Phi) is 4.72. The summed E-state index contributed by atoms with van der Waals surface area (Å²) < 4.78 is 10.5. The molecule has 0 aromatic heterocycles. The van der Waals surface area contributed by atoms with Gasteiger partial charge in [0.2, 0.25) is 0 Å². The molecular formula is C17H16O4. The zero-order chi connectivity index (χ0) is 15.2. The Morgan fingerprint density at radius 2 is 1.71 bits per heavy atom. The van der Waals surface area contributed by atoms with Crippen LogP contribution in [0.5, 0.6) is 11.5 Å². The first-order valence-corrected chi connectivity index (χ1v) is 6.56. The first-order chi connectivity index (χ1) is 10.0. The molecule has 2 aromatic rings.